The Labute approximate surface area is 122 Å². The van der Waals surface area contributed by atoms with Crippen LogP contribution in [0.25, 0.3) is 0 Å². The summed E-state index contributed by atoms with van der Waals surface area (Å²) in [5.41, 5.74) is 7.12. The molecule has 20 heavy (non-hydrogen) atoms. The van der Waals surface area contributed by atoms with E-state index >= 15 is 0 Å². The maximum absolute atomic E-state index is 11.4. The Bertz CT molecular complexity index is 541. The van der Waals surface area contributed by atoms with E-state index in [9.17, 15) is 8.42 Å². The zero-order valence-electron chi connectivity index (χ0n) is 12.7. The molecule has 0 aromatic heterocycles. The fourth-order valence-corrected chi connectivity index (χ4v) is 2.40. The number of hydrogen-bond donors (Lipinski definition) is 2. The average Bonchev–Trinajstić information content (AvgIpc) is 2.34. The zero-order valence-corrected chi connectivity index (χ0v) is 13.5. The van der Waals surface area contributed by atoms with Gasteiger partial charge in [0.1, 0.15) is 0 Å². The first-order chi connectivity index (χ1) is 9.21. The molecule has 0 fully saturated rings. The fraction of sp³-hybridized carbons (Fsp3) is 0.571. The van der Waals surface area contributed by atoms with Gasteiger partial charge in [0.2, 0.25) is 0 Å². The quantitative estimate of drug-likeness (QED) is 0.593. The van der Waals surface area contributed by atoms with Crippen LogP contribution in [-0.4, -0.2) is 45.8 Å². The monoisotopic (exact) mass is 299 g/mol. The molecule has 0 saturated carbocycles. The average molecular weight is 299 g/mol. The molecule has 0 atom stereocenters. The van der Waals surface area contributed by atoms with E-state index in [0.29, 0.717) is 11.7 Å². The van der Waals surface area contributed by atoms with Gasteiger partial charge in [-0.1, -0.05) is 0 Å². The van der Waals surface area contributed by atoms with E-state index in [-0.39, 0.29) is 4.90 Å². The summed E-state index contributed by atoms with van der Waals surface area (Å²) in [5, 5.41) is 3.24. The van der Waals surface area contributed by atoms with Crippen molar-refractivity contribution in [1.82, 2.24) is 4.90 Å². The fourth-order valence-electron chi connectivity index (χ4n) is 1.74. The summed E-state index contributed by atoms with van der Waals surface area (Å²) in [7, 11) is -1.11. The van der Waals surface area contributed by atoms with Gasteiger partial charge in [-0.05, 0) is 52.1 Å². The molecule has 1 aromatic carbocycles. The molecule has 1 aromatic rings. The van der Waals surface area contributed by atoms with Crippen LogP contribution in [0.1, 0.15) is 20.3 Å². The Morgan fingerprint density at radius 2 is 2.00 bits per heavy atom. The van der Waals surface area contributed by atoms with Crippen LogP contribution in [0.5, 0.6) is 0 Å². The molecule has 0 heterocycles. The minimum Gasteiger partial charge on any atom is -0.397 e. The molecule has 5 nitrogen and oxygen atoms in total. The molecular weight excluding hydrogens is 274 g/mol. The van der Waals surface area contributed by atoms with Crippen molar-refractivity contribution < 1.29 is 8.42 Å². The van der Waals surface area contributed by atoms with Crippen LogP contribution < -0.4 is 11.1 Å². The summed E-state index contributed by atoms with van der Waals surface area (Å²) < 4.78 is 22.8. The number of anilines is 2. The van der Waals surface area contributed by atoms with Gasteiger partial charge in [-0.25, -0.2) is 8.42 Å². The standard InChI is InChI=1S/C14H25N3O2S/c1-11(2)17(3)9-5-8-16-14-7-6-12(10-13(14)15)20(4,18)19/h6-7,10-11,16H,5,8-9,15H2,1-4H3. The SMILES string of the molecule is CC(C)N(C)CCCNc1ccc(S(C)(=O)=O)cc1N. The second kappa shape index (κ2) is 6.95. The minimum atomic E-state index is -3.20. The third-order valence-corrected chi connectivity index (χ3v) is 4.45. The molecule has 0 bridgehead atoms. The number of nitrogen functional groups attached to an aromatic ring is 1. The van der Waals surface area contributed by atoms with Crippen molar-refractivity contribution in [3.63, 3.8) is 0 Å². The van der Waals surface area contributed by atoms with Crippen LogP contribution >= 0.6 is 0 Å². The van der Waals surface area contributed by atoms with Gasteiger partial charge in [-0.3, -0.25) is 0 Å². The first kappa shape index (κ1) is 16.8. The van der Waals surface area contributed by atoms with Gasteiger partial charge in [0.05, 0.1) is 16.3 Å². The number of benzene rings is 1. The highest BCUT2D eigenvalue weighted by molar-refractivity contribution is 7.90. The van der Waals surface area contributed by atoms with Crippen LogP contribution in [0.2, 0.25) is 0 Å². The summed E-state index contributed by atoms with van der Waals surface area (Å²) >= 11 is 0. The third-order valence-electron chi connectivity index (χ3n) is 3.34. The molecule has 114 valence electrons. The van der Waals surface area contributed by atoms with E-state index in [1.165, 1.54) is 12.3 Å². The van der Waals surface area contributed by atoms with Crippen LogP contribution in [-0.2, 0) is 9.84 Å². The van der Waals surface area contributed by atoms with Crippen molar-refractivity contribution in [2.24, 2.45) is 0 Å². The van der Waals surface area contributed by atoms with Crippen molar-refractivity contribution in [1.29, 1.82) is 0 Å². The Morgan fingerprint density at radius 3 is 2.50 bits per heavy atom. The smallest absolute Gasteiger partial charge is 0.175 e. The Morgan fingerprint density at radius 1 is 1.35 bits per heavy atom. The largest absolute Gasteiger partial charge is 0.397 e. The summed E-state index contributed by atoms with van der Waals surface area (Å²) in [5.74, 6) is 0. The molecule has 0 aliphatic rings. The number of nitrogens with two attached hydrogens (primary N) is 1. The lowest BCUT2D eigenvalue weighted by atomic mass is 10.2. The highest BCUT2D eigenvalue weighted by atomic mass is 32.2. The number of sulfone groups is 1. The van der Waals surface area contributed by atoms with Crippen molar-refractivity contribution >= 4 is 21.2 Å². The predicted molar refractivity (Wildman–Crippen MR) is 84.8 cm³/mol. The topological polar surface area (TPSA) is 75.4 Å². The normalized spacial score (nSPS) is 12.1. The first-order valence-corrected chi connectivity index (χ1v) is 8.64. The molecule has 0 spiro atoms. The lowest BCUT2D eigenvalue weighted by Gasteiger charge is -2.21. The number of nitrogens with zero attached hydrogens (tertiary/aromatic N) is 1. The summed E-state index contributed by atoms with van der Waals surface area (Å²) in [6.45, 7) is 6.14. The predicted octanol–water partition coefficient (Wildman–Crippen LogP) is 1.81. The molecule has 3 N–H and O–H groups in total. The molecule has 0 amide bonds. The molecule has 0 radical (unpaired) electrons. The first-order valence-electron chi connectivity index (χ1n) is 6.75. The van der Waals surface area contributed by atoms with Gasteiger partial charge in [0.25, 0.3) is 0 Å². The Balaban J connectivity index is 2.54. The molecule has 0 unspecified atom stereocenters. The van der Waals surface area contributed by atoms with Crippen LogP contribution in [0.15, 0.2) is 23.1 Å². The minimum absolute atomic E-state index is 0.250. The van der Waals surface area contributed by atoms with Crippen molar-refractivity contribution in [3.8, 4) is 0 Å². The van der Waals surface area contributed by atoms with Crippen LogP contribution in [0.3, 0.4) is 0 Å². The molecule has 0 aliphatic carbocycles. The van der Waals surface area contributed by atoms with Gasteiger partial charge in [0, 0.05) is 18.8 Å². The molecule has 0 saturated heterocycles. The maximum atomic E-state index is 11.4. The van der Waals surface area contributed by atoms with E-state index < -0.39 is 9.84 Å². The van der Waals surface area contributed by atoms with Gasteiger partial charge in [0.15, 0.2) is 9.84 Å². The van der Waals surface area contributed by atoms with Crippen molar-refractivity contribution in [3.05, 3.63) is 18.2 Å². The number of nitrogens with one attached hydrogen (secondary N) is 1. The van der Waals surface area contributed by atoms with E-state index in [1.54, 1.807) is 12.1 Å². The number of rotatable bonds is 7. The Kier molecular flexibility index (Phi) is 5.83. The molecule has 1 rings (SSSR count). The van der Waals surface area contributed by atoms with Gasteiger partial charge in [-0.15, -0.1) is 0 Å². The third kappa shape index (κ3) is 5.02. The second-order valence-electron chi connectivity index (χ2n) is 5.38. The van der Waals surface area contributed by atoms with E-state index in [2.05, 4.69) is 31.1 Å². The lowest BCUT2D eigenvalue weighted by molar-refractivity contribution is 0.273. The van der Waals surface area contributed by atoms with Crippen molar-refractivity contribution in [2.75, 3.05) is 37.4 Å². The van der Waals surface area contributed by atoms with Crippen LogP contribution in [0.4, 0.5) is 11.4 Å². The second-order valence-corrected chi connectivity index (χ2v) is 7.39. The molecule has 0 aliphatic heterocycles. The van der Waals surface area contributed by atoms with E-state index in [0.717, 1.165) is 25.2 Å². The van der Waals surface area contributed by atoms with Crippen LogP contribution in [0, 0.1) is 0 Å². The summed E-state index contributed by atoms with van der Waals surface area (Å²) in [6, 6.07) is 5.33. The Hall–Kier alpha value is -1.27. The maximum Gasteiger partial charge on any atom is 0.175 e. The summed E-state index contributed by atoms with van der Waals surface area (Å²) in [6.07, 6.45) is 2.18. The lowest BCUT2D eigenvalue weighted by Crippen LogP contribution is -2.28. The number of hydrogen-bond acceptors (Lipinski definition) is 5. The summed E-state index contributed by atoms with van der Waals surface area (Å²) in [4.78, 5) is 2.53. The molecule has 6 heteroatoms. The zero-order chi connectivity index (χ0) is 15.3. The van der Waals surface area contributed by atoms with Gasteiger partial charge < -0.3 is 16.0 Å². The van der Waals surface area contributed by atoms with Crippen molar-refractivity contribution in [2.45, 2.75) is 31.2 Å². The van der Waals surface area contributed by atoms with Gasteiger partial charge in [-0.2, -0.15) is 0 Å². The van der Waals surface area contributed by atoms with E-state index in [1.807, 2.05) is 0 Å². The van der Waals surface area contributed by atoms with E-state index in [4.69, 9.17) is 5.73 Å². The van der Waals surface area contributed by atoms with Gasteiger partial charge >= 0.3 is 0 Å². The highest BCUT2D eigenvalue weighted by Gasteiger charge is 2.09. The highest BCUT2D eigenvalue weighted by Crippen LogP contribution is 2.22. The molecular formula is C14H25N3O2S.